The highest BCUT2D eigenvalue weighted by Crippen LogP contribution is 2.30. The Morgan fingerprint density at radius 3 is 2.14 bits per heavy atom. The highest BCUT2D eigenvalue weighted by molar-refractivity contribution is 6.24. The van der Waals surface area contributed by atoms with Gasteiger partial charge in [-0.2, -0.15) is 0 Å². The average molecular weight is 297 g/mol. The Hall–Kier alpha value is -2.20. The molecule has 2 aromatic carbocycles. The van der Waals surface area contributed by atoms with Crippen molar-refractivity contribution >= 4 is 22.6 Å². The Morgan fingerprint density at radius 2 is 1.55 bits per heavy atom. The van der Waals surface area contributed by atoms with E-state index in [1.54, 1.807) is 12.1 Å². The normalized spacial score (nSPS) is 14.0. The van der Waals surface area contributed by atoms with Gasteiger partial charge in [-0.15, -0.1) is 5.06 Å². The van der Waals surface area contributed by atoms with Gasteiger partial charge in [0.15, 0.2) is 0 Å². The number of hydroxylamine groups is 2. The van der Waals surface area contributed by atoms with Gasteiger partial charge in [0.1, 0.15) is 0 Å². The summed E-state index contributed by atoms with van der Waals surface area (Å²) in [7, 11) is 0. The van der Waals surface area contributed by atoms with Crippen LogP contribution in [0.1, 0.15) is 53.3 Å². The third kappa shape index (κ3) is 2.50. The minimum atomic E-state index is -0.371. The number of rotatable bonds is 6. The first-order valence-electron chi connectivity index (χ1n) is 7.77. The fourth-order valence-electron chi connectivity index (χ4n) is 2.81. The number of nitrogens with zero attached hydrogens (tertiary/aromatic N) is 1. The molecular weight excluding hydrogens is 278 g/mol. The van der Waals surface area contributed by atoms with Gasteiger partial charge in [-0.3, -0.25) is 14.4 Å². The van der Waals surface area contributed by atoms with Gasteiger partial charge in [-0.25, -0.2) is 0 Å². The molecular formula is C18H19NO3. The van der Waals surface area contributed by atoms with Gasteiger partial charge < -0.3 is 0 Å². The van der Waals surface area contributed by atoms with Gasteiger partial charge >= 0.3 is 0 Å². The first kappa shape index (κ1) is 14.7. The monoisotopic (exact) mass is 297 g/mol. The summed E-state index contributed by atoms with van der Waals surface area (Å²) in [6, 6.07) is 11.0. The van der Waals surface area contributed by atoms with Gasteiger partial charge in [-0.1, -0.05) is 50.5 Å². The number of amides is 2. The van der Waals surface area contributed by atoms with Crippen LogP contribution in [0.25, 0.3) is 10.8 Å². The number of unbranched alkanes of at least 4 members (excludes halogenated alkanes) is 3. The highest BCUT2D eigenvalue weighted by atomic mass is 16.7. The lowest BCUT2D eigenvalue weighted by Crippen LogP contribution is -2.40. The minimum Gasteiger partial charge on any atom is -0.266 e. The van der Waals surface area contributed by atoms with Crippen molar-refractivity contribution in [3.63, 3.8) is 0 Å². The topological polar surface area (TPSA) is 46.6 Å². The SMILES string of the molecule is CCCCCCON1C(=O)c2cccc3cccc(c23)C1=O. The number of hydrogen-bond acceptors (Lipinski definition) is 3. The van der Waals surface area contributed by atoms with Gasteiger partial charge in [0.2, 0.25) is 0 Å². The number of imide groups is 1. The third-order valence-corrected chi connectivity index (χ3v) is 3.95. The molecule has 2 aromatic rings. The van der Waals surface area contributed by atoms with E-state index in [1.807, 2.05) is 24.3 Å². The largest absolute Gasteiger partial charge is 0.285 e. The van der Waals surface area contributed by atoms with Crippen molar-refractivity contribution < 1.29 is 14.4 Å². The van der Waals surface area contributed by atoms with E-state index in [2.05, 4.69) is 6.92 Å². The predicted octanol–water partition coefficient (Wildman–Crippen LogP) is 3.95. The van der Waals surface area contributed by atoms with Crippen LogP contribution in [0, 0.1) is 0 Å². The highest BCUT2D eigenvalue weighted by Gasteiger charge is 2.33. The number of benzene rings is 2. The number of carbonyl (C=O) groups is 2. The summed E-state index contributed by atoms with van der Waals surface area (Å²) < 4.78 is 0. The summed E-state index contributed by atoms with van der Waals surface area (Å²) in [5.41, 5.74) is 1.06. The van der Waals surface area contributed by atoms with Crippen LogP contribution in [0.5, 0.6) is 0 Å². The van der Waals surface area contributed by atoms with Crippen molar-refractivity contribution in [2.24, 2.45) is 0 Å². The summed E-state index contributed by atoms with van der Waals surface area (Å²) >= 11 is 0. The molecule has 2 amide bonds. The Morgan fingerprint density at radius 1 is 0.909 bits per heavy atom. The van der Waals surface area contributed by atoms with E-state index >= 15 is 0 Å². The van der Waals surface area contributed by atoms with E-state index in [1.165, 1.54) is 0 Å². The molecule has 114 valence electrons. The molecule has 0 atom stereocenters. The predicted molar refractivity (Wildman–Crippen MR) is 84.5 cm³/mol. The molecule has 3 rings (SSSR count). The minimum absolute atomic E-state index is 0.371. The molecule has 0 bridgehead atoms. The molecule has 1 heterocycles. The third-order valence-electron chi connectivity index (χ3n) is 3.95. The molecule has 0 unspecified atom stereocenters. The average Bonchev–Trinajstić information content (AvgIpc) is 2.55. The van der Waals surface area contributed by atoms with E-state index in [9.17, 15) is 9.59 Å². The Bertz CT molecular complexity index is 673. The maximum atomic E-state index is 12.5. The van der Waals surface area contributed by atoms with E-state index in [0.29, 0.717) is 17.7 Å². The van der Waals surface area contributed by atoms with Crippen LogP contribution in [0.4, 0.5) is 0 Å². The molecule has 0 aromatic heterocycles. The molecule has 0 aliphatic carbocycles. The van der Waals surface area contributed by atoms with Gasteiger partial charge in [0, 0.05) is 5.39 Å². The molecule has 0 fully saturated rings. The lowest BCUT2D eigenvalue weighted by molar-refractivity contribution is -0.0961. The maximum absolute atomic E-state index is 12.5. The van der Waals surface area contributed by atoms with Gasteiger partial charge in [0.25, 0.3) is 11.8 Å². The second kappa shape index (κ2) is 6.28. The molecule has 1 aliphatic heterocycles. The lowest BCUT2D eigenvalue weighted by Gasteiger charge is -2.26. The lowest BCUT2D eigenvalue weighted by atomic mass is 9.95. The van der Waals surface area contributed by atoms with Crippen molar-refractivity contribution in [1.29, 1.82) is 0 Å². The van der Waals surface area contributed by atoms with Crippen LogP contribution in [0.2, 0.25) is 0 Å². The van der Waals surface area contributed by atoms with Gasteiger partial charge in [-0.05, 0) is 23.9 Å². The molecule has 0 spiro atoms. The summed E-state index contributed by atoms with van der Waals surface area (Å²) in [5.74, 6) is -0.741. The van der Waals surface area contributed by atoms with Crippen LogP contribution in [-0.2, 0) is 4.84 Å². The molecule has 4 nitrogen and oxygen atoms in total. The zero-order chi connectivity index (χ0) is 15.5. The van der Waals surface area contributed by atoms with Crippen LogP contribution in [-0.4, -0.2) is 23.5 Å². The number of carbonyl (C=O) groups excluding carboxylic acids is 2. The van der Waals surface area contributed by atoms with Crippen LogP contribution < -0.4 is 0 Å². The fraction of sp³-hybridized carbons (Fsp3) is 0.333. The Labute approximate surface area is 129 Å². The summed E-state index contributed by atoms with van der Waals surface area (Å²) in [5, 5.41) is 2.55. The molecule has 0 saturated heterocycles. The number of hydrogen-bond donors (Lipinski definition) is 0. The first-order valence-corrected chi connectivity index (χ1v) is 7.77. The molecule has 22 heavy (non-hydrogen) atoms. The van der Waals surface area contributed by atoms with Crippen molar-refractivity contribution in [1.82, 2.24) is 5.06 Å². The fourth-order valence-corrected chi connectivity index (χ4v) is 2.81. The van der Waals surface area contributed by atoms with E-state index < -0.39 is 0 Å². The molecule has 1 aliphatic rings. The van der Waals surface area contributed by atoms with Gasteiger partial charge in [0.05, 0.1) is 17.7 Å². The molecule has 4 heteroatoms. The van der Waals surface area contributed by atoms with Crippen molar-refractivity contribution in [2.75, 3.05) is 6.61 Å². The summed E-state index contributed by atoms with van der Waals surface area (Å²) in [6.45, 7) is 2.52. The zero-order valence-electron chi connectivity index (χ0n) is 12.7. The second-order valence-electron chi connectivity index (χ2n) is 5.51. The van der Waals surface area contributed by atoms with E-state index in [-0.39, 0.29) is 11.8 Å². The summed E-state index contributed by atoms with van der Waals surface area (Å²) in [4.78, 5) is 30.5. The molecule has 0 radical (unpaired) electrons. The Kier molecular flexibility index (Phi) is 4.20. The van der Waals surface area contributed by atoms with Crippen molar-refractivity contribution in [3.8, 4) is 0 Å². The molecule has 0 saturated carbocycles. The van der Waals surface area contributed by atoms with E-state index in [0.717, 1.165) is 41.5 Å². The van der Waals surface area contributed by atoms with Crippen molar-refractivity contribution in [3.05, 3.63) is 47.5 Å². The molecule has 0 N–H and O–H groups in total. The van der Waals surface area contributed by atoms with Crippen LogP contribution in [0.15, 0.2) is 36.4 Å². The van der Waals surface area contributed by atoms with E-state index in [4.69, 9.17) is 4.84 Å². The smallest absolute Gasteiger partial charge is 0.266 e. The quantitative estimate of drug-likeness (QED) is 0.599. The second-order valence-corrected chi connectivity index (χ2v) is 5.51. The maximum Gasteiger partial charge on any atom is 0.285 e. The van der Waals surface area contributed by atoms with Crippen molar-refractivity contribution in [2.45, 2.75) is 32.6 Å². The standard InChI is InChI=1S/C18H19NO3/c1-2-3-4-5-12-22-19-17(20)14-10-6-8-13-9-7-11-15(16(13)14)18(19)21/h6-11H,2-5,12H2,1H3. The Balaban J connectivity index is 1.85. The van der Waals surface area contributed by atoms with Crippen LogP contribution >= 0.6 is 0 Å². The van der Waals surface area contributed by atoms with Crippen LogP contribution in [0.3, 0.4) is 0 Å². The zero-order valence-corrected chi connectivity index (χ0v) is 12.7. The summed E-state index contributed by atoms with van der Waals surface area (Å²) in [6.07, 6.45) is 4.15. The first-order chi connectivity index (χ1) is 10.7.